The van der Waals surface area contributed by atoms with Gasteiger partial charge < -0.3 is 21.6 Å². The molecule has 0 atom stereocenters. The van der Waals surface area contributed by atoms with Crippen LogP contribution in [0.4, 0.5) is 0 Å². The van der Waals surface area contributed by atoms with Gasteiger partial charge in [0.2, 0.25) is 0 Å². The Morgan fingerprint density at radius 1 is 1.31 bits per heavy atom. The maximum absolute atomic E-state index is 10.7. The van der Waals surface area contributed by atoms with E-state index in [1.165, 1.54) is 19.0 Å². The Kier molecular flexibility index (Phi) is 10.8. The highest BCUT2D eigenvalue weighted by Gasteiger charge is 2.10. The Hall–Kier alpha value is -0.540. The monoisotopic (exact) mass is 249 g/mol. The van der Waals surface area contributed by atoms with E-state index in [0.29, 0.717) is 6.61 Å². The maximum atomic E-state index is 10.7. The highest BCUT2D eigenvalue weighted by Crippen LogP contribution is 2.03. The van der Waals surface area contributed by atoms with Gasteiger partial charge in [-0.15, -0.1) is 0 Å². The van der Waals surface area contributed by atoms with Crippen molar-refractivity contribution in [2.45, 2.75) is 26.2 Å². The number of rotatable bonds is 8. The average Bonchev–Trinajstić information content (AvgIpc) is 2.22. The second kappa shape index (κ2) is 9.67. The van der Waals surface area contributed by atoms with Crippen molar-refractivity contribution in [3.8, 4) is 0 Å². The number of hydrogen-bond acceptors (Lipinski definition) is 2. The summed E-state index contributed by atoms with van der Waals surface area (Å²) in [4.78, 5) is 10.7. The molecule has 0 saturated heterocycles. The zero-order valence-electron chi connectivity index (χ0n) is 10.7. The summed E-state index contributed by atoms with van der Waals surface area (Å²) in [5.41, 5.74) is 0. The van der Waals surface area contributed by atoms with E-state index in [1.54, 1.807) is 0 Å². The van der Waals surface area contributed by atoms with Gasteiger partial charge in [-0.2, -0.15) is 0 Å². The van der Waals surface area contributed by atoms with Gasteiger partial charge in [0.25, 0.3) is 0 Å². The van der Waals surface area contributed by atoms with Gasteiger partial charge in [-0.3, -0.25) is 0 Å². The van der Waals surface area contributed by atoms with E-state index >= 15 is 0 Å². The summed E-state index contributed by atoms with van der Waals surface area (Å²) in [5, 5.41) is 0. The Labute approximate surface area is 105 Å². The minimum absolute atomic E-state index is 0. The SMILES string of the molecule is C=CC(=O)OCCCCC[N+](C)(C)CC.[Cl-]. The smallest absolute Gasteiger partial charge is 0.330 e. The first kappa shape index (κ1) is 17.8. The van der Waals surface area contributed by atoms with Crippen molar-refractivity contribution < 1.29 is 26.4 Å². The first-order valence-electron chi connectivity index (χ1n) is 5.63. The van der Waals surface area contributed by atoms with Gasteiger partial charge in [0.1, 0.15) is 0 Å². The van der Waals surface area contributed by atoms with Crippen LogP contribution in [0.25, 0.3) is 0 Å². The predicted molar refractivity (Wildman–Crippen MR) is 62.5 cm³/mol. The molecule has 0 saturated carbocycles. The third kappa shape index (κ3) is 9.99. The molecule has 0 unspecified atom stereocenters. The van der Waals surface area contributed by atoms with Crippen LogP contribution in [0.5, 0.6) is 0 Å². The lowest BCUT2D eigenvalue weighted by Gasteiger charge is -2.28. The maximum Gasteiger partial charge on any atom is 0.330 e. The lowest BCUT2D eigenvalue weighted by atomic mass is 10.2. The molecule has 0 aliphatic rings. The van der Waals surface area contributed by atoms with E-state index in [0.717, 1.165) is 23.9 Å². The molecule has 0 heterocycles. The molecule has 0 fully saturated rings. The van der Waals surface area contributed by atoms with Crippen molar-refractivity contribution in [1.29, 1.82) is 0 Å². The number of unbranched alkanes of at least 4 members (excludes halogenated alkanes) is 2. The fourth-order valence-corrected chi connectivity index (χ4v) is 1.21. The van der Waals surface area contributed by atoms with Crippen LogP contribution in [0.1, 0.15) is 26.2 Å². The first-order chi connectivity index (χ1) is 7.02. The summed E-state index contributed by atoms with van der Waals surface area (Å²) in [7, 11) is 4.47. The highest BCUT2D eigenvalue weighted by atomic mass is 35.5. The Bertz CT molecular complexity index is 205. The Morgan fingerprint density at radius 2 is 1.94 bits per heavy atom. The van der Waals surface area contributed by atoms with Crippen molar-refractivity contribution in [2.24, 2.45) is 0 Å². The summed E-state index contributed by atoms with van der Waals surface area (Å²) >= 11 is 0. The van der Waals surface area contributed by atoms with Crippen LogP contribution in [0.15, 0.2) is 12.7 Å². The van der Waals surface area contributed by atoms with Crippen molar-refractivity contribution in [2.75, 3.05) is 33.8 Å². The number of esters is 1. The lowest BCUT2D eigenvalue weighted by molar-refractivity contribution is -0.888. The van der Waals surface area contributed by atoms with Crippen LogP contribution in [0.3, 0.4) is 0 Å². The normalized spacial score (nSPS) is 10.4. The number of quaternary nitrogens is 1. The van der Waals surface area contributed by atoms with Crippen LogP contribution in [-0.4, -0.2) is 44.2 Å². The summed E-state index contributed by atoms with van der Waals surface area (Å²) in [6, 6.07) is 0. The molecule has 0 aromatic carbocycles. The molecule has 0 rings (SSSR count). The van der Waals surface area contributed by atoms with E-state index in [4.69, 9.17) is 4.74 Å². The lowest BCUT2D eigenvalue weighted by Crippen LogP contribution is -3.00. The van der Waals surface area contributed by atoms with Gasteiger partial charge in [-0.1, -0.05) is 6.58 Å². The zero-order chi connectivity index (χ0) is 11.7. The molecule has 96 valence electrons. The van der Waals surface area contributed by atoms with E-state index in [1.807, 2.05) is 0 Å². The quantitative estimate of drug-likeness (QED) is 0.238. The predicted octanol–water partition coefficient (Wildman–Crippen LogP) is -1.01. The van der Waals surface area contributed by atoms with E-state index in [9.17, 15) is 4.79 Å². The molecular formula is C12H24ClNO2. The Balaban J connectivity index is 0. The minimum Gasteiger partial charge on any atom is -1.00 e. The van der Waals surface area contributed by atoms with Crippen LogP contribution in [-0.2, 0) is 9.53 Å². The van der Waals surface area contributed by atoms with Gasteiger partial charge in [0.15, 0.2) is 0 Å². The molecule has 0 radical (unpaired) electrons. The third-order valence-corrected chi connectivity index (χ3v) is 2.67. The van der Waals surface area contributed by atoms with Gasteiger partial charge in [0.05, 0.1) is 33.8 Å². The average molecular weight is 250 g/mol. The number of ether oxygens (including phenoxy) is 1. The van der Waals surface area contributed by atoms with Crippen molar-refractivity contribution >= 4 is 5.97 Å². The van der Waals surface area contributed by atoms with Gasteiger partial charge in [-0.05, 0) is 26.2 Å². The number of halogens is 1. The summed E-state index contributed by atoms with van der Waals surface area (Å²) in [6.45, 7) is 8.41. The van der Waals surface area contributed by atoms with E-state index < -0.39 is 0 Å². The minimum atomic E-state index is -0.320. The van der Waals surface area contributed by atoms with Crippen LogP contribution in [0.2, 0.25) is 0 Å². The largest absolute Gasteiger partial charge is 1.00 e. The van der Waals surface area contributed by atoms with Crippen molar-refractivity contribution in [1.82, 2.24) is 0 Å². The molecule has 0 N–H and O–H groups in total. The topological polar surface area (TPSA) is 26.3 Å². The standard InChI is InChI=1S/C12H24NO2.ClH/c1-5-12(14)15-11-9-7-8-10-13(3,4)6-2;/h5H,1,6-11H2,2-4H3;1H/q+1;/p-1. The van der Waals surface area contributed by atoms with Crippen molar-refractivity contribution in [3.63, 3.8) is 0 Å². The molecule has 0 spiro atoms. The van der Waals surface area contributed by atoms with Crippen LogP contribution in [0, 0.1) is 0 Å². The van der Waals surface area contributed by atoms with Crippen molar-refractivity contribution in [3.05, 3.63) is 12.7 Å². The molecule has 0 aromatic heterocycles. The molecule has 0 amide bonds. The zero-order valence-corrected chi connectivity index (χ0v) is 11.4. The molecule has 0 aromatic rings. The fraction of sp³-hybridized carbons (Fsp3) is 0.750. The summed E-state index contributed by atoms with van der Waals surface area (Å²) in [5.74, 6) is -0.320. The van der Waals surface area contributed by atoms with Crippen LogP contribution >= 0.6 is 0 Å². The summed E-state index contributed by atoms with van der Waals surface area (Å²) in [6.07, 6.45) is 4.46. The van der Waals surface area contributed by atoms with Gasteiger partial charge >= 0.3 is 5.97 Å². The Morgan fingerprint density at radius 3 is 2.44 bits per heavy atom. The van der Waals surface area contributed by atoms with Crippen LogP contribution < -0.4 is 12.4 Å². The molecule has 0 aliphatic heterocycles. The number of nitrogens with zero attached hydrogens (tertiary/aromatic N) is 1. The second-order valence-corrected chi connectivity index (χ2v) is 4.41. The molecule has 3 nitrogen and oxygen atoms in total. The third-order valence-electron chi connectivity index (χ3n) is 2.67. The molecule has 0 aliphatic carbocycles. The van der Waals surface area contributed by atoms with Gasteiger partial charge in [0, 0.05) is 6.08 Å². The molecule has 16 heavy (non-hydrogen) atoms. The van der Waals surface area contributed by atoms with Gasteiger partial charge in [-0.25, -0.2) is 4.79 Å². The molecular weight excluding hydrogens is 226 g/mol. The number of carbonyl (C=O) groups excluding carboxylic acids is 1. The number of carbonyl (C=O) groups is 1. The highest BCUT2D eigenvalue weighted by molar-refractivity contribution is 5.81. The first-order valence-corrected chi connectivity index (χ1v) is 5.63. The summed E-state index contributed by atoms with van der Waals surface area (Å²) < 4.78 is 5.95. The molecule has 0 bridgehead atoms. The molecule has 4 heteroatoms. The fourth-order valence-electron chi connectivity index (χ4n) is 1.21. The number of hydrogen-bond donors (Lipinski definition) is 0. The van der Waals surface area contributed by atoms with E-state index in [2.05, 4.69) is 27.6 Å². The van der Waals surface area contributed by atoms with E-state index in [-0.39, 0.29) is 18.4 Å². The second-order valence-electron chi connectivity index (χ2n) is 4.41.